The maximum absolute atomic E-state index is 5.97. The molecule has 0 spiro atoms. The molecule has 1 aliphatic rings. The summed E-state index contributed by atoms with van der Waals surface area (Å²) in [5, 5.41) is 4.66. The van der Waals surface area contributed by atoms with E-state index in [0.29, 0.717) is 12.1 Å². The average molecular weight is 257 g/mol. The van der Waals surface area contributed by atoms with E-state index in [-0.39, 0.29) is 0 Å². The third-order valence-electron chi connectivity index (χ3n) is 3.90. The Morgan fingerprint density at radius 2 is 2.21 bits per heavy atom. The number of anilines is 2. The van der Waals surface area contributed by atoms with Gasteiger partial charge in [-0.05, 0) is 31.4 Å². The topological polar surface area (TPSA) is 60.2 Å². The number of rotatable bonds is 3. The molecule has 19 heavy (non-hydrogen) atoms. The molecule has 0 bridgehead atoms. The second kappa shape index (κ2) is 5.05. The molecule has 2 aromatic rings. The largest absolute Gasteiger partial charge is 0.397 e. The predicted molar refractivity (Wildman–Crippen MR) is 78.2 cm³/mol. The van der Waals surface area contributed by atoms with Crippen LogP contribution in [0.15, 0.2) is 30.5 Å². The van der Waals surface area contributed by atoms with E-state index in [4.69, 9.17) is 10.5 Å². The zero-order valence-corrected chi connectivity index (χ0v) is 11.1. The number of para-hydroxylation sites is 1. The Kier molecular flexibility index (Phi) is 3.25. The summed E-state index contributed by atoms with van der Waals surface area (Å²) in [6, 6.07) is 8.28. The number of nitrogens with one attached hydrogen (secondary N) is 1. The van der Waals surface area contributed by atoms with Crippen LogP contribution >= 0.6 is 0 Å². The summed E-state index contributed by atoms with van der Waals surface area (Å²) in [7, 11) is 1.79. The van der Waals surface area contributed by atoms with Crippen LogP contribution in [-0.4, -0.2) is 24.2 Å². The van der Waals surface area contributed by atoms with Crippen LogP contribution in [0.1, 0.15) is 19.3 Å². The van der Waals surface area contributed by atoms with Crippen LogP contribution in [-0.2, 0) is 4.74 Å². The molecule has 2 unspecified atom stereocenters. The van der Waals surface area contributed by atoms with Gasteiger partial charge < -0.3 is 15.8 Å². The van der Waals surface area contributed by atoms with E-state index < -0.39 is 0 Å². The van der Waals surface area contributed by atoms with E-state index >= 15 is 0 Å². The van der Waals surface area contributed by atoms with E-state index in [0.717, 1.165) is 35.1 Å². The minimum absolute atomic E-state index is 0.296. The van der Waals surface area contributed by atoms with Gasteiger partial charge in [-0.15, -0.1) is 0 Å². The molecule has 0 radical (unpaired) electrons. The number of hydrogen-bond donors (Lipinski definition) is 2. The Morgan fingerprint density at radius 3 is 3.05 bits per heavy atom. The first-order valence-electron chi connectivity index (χ1n) is 6.72. The highest BCUT2D eigenvalue weighted by molar-refractivity contribution is 5.97. The molecular weight excluding hydrogens is 238 g/mol. The number of pyridine rings is 1. The number of nitrogens with zero attached hydrogens (tertiary/aromatic N) is 1. The Labute approximate surface area is 113 Å². The standard InChI is InChI=1S/C15H19N3O/c1-19-14-7-3-6-13(14)18-12-8-9-17-15-10(12)4-2-5-11(15)16/h2,4-5,8-9,13-14H,3,6-7,16H2,1H3,(H,17,18). The smallest absolute Gasteiger partial charge is 0.0951 e. The molecule has 3 rings (SSSR count). The van der Waals surface area contributed by atoms with E-state index in [1.165, 1.54) is 6.42 Å². The number of nitrogen functional groups attached to an aromatic ring is 1. The summed E-state index contributed by atoms with van der Waals surface area (Å²) in [6.45, 7) is 0. The molecule has 4 nitrogen and oxygen atoms in total. The van der Waals surface area contributed by atoms with Crippen molar-refractivity contribution < 1.29 is 4.74 Å². The lowest BCUT2D eigenvalue weighted by Crippen LogP contribution is -2.29. The highest BCUT2D eigenvalue weighted by Crippen LogP contribution is 2.30. The molecule has 1 fully saturated rings. The Hall–Kier alpha value is -1.81. The van der Waals surface area contributed by atoms with Crippen LogP contribution in [0.4, 0.5) is 11.4 Å². The fourth-order valence-corrected chi connectivity index (χ4v) is 2.90. The average Bonchev–Trinajstić information content (AvgIpc) is 2.87. The van der Waals surface area contributed by atoms with Gasteiger partial charge in [0.2, 0.25) is 0 Å². The van der Waals surface area contributed by atoms with Crippen molar-refractivity contribution in [2.75, 3.05) is 18.2 Å². The highest BCUT2D eigenvalue weighted by atomic mass is 16.5. The van der Waals surface area contributed by atoms with Crippen LogP contribution in [0.25, 0.3) is 10.9 Å². The number of methoxy groups -OCH3 is 1. The van der Waals surface area contributed by atoms with Crippen LogP contribution in [0.3, 0.4) is 0 Å². The first kappa shape index (κ1) is 12.2. The van der Waals surface area contributed by atoms with Crippen LogP contribution < -0.4 is 11.1 Å². The van der Waals surface area contributed by atoms with Gasteiger partial charge in [0.1, 0.15) is 0 Å². The van der Waals surface area contributed by atoms with Crippen molar-refractivity contribution in [2.45, 2.75) is 31.4 Å². The molecule has 1 aromatic carbocycles. The molecule has 0 saturated heterocycles. The van der Waals surface area contributed by atoms with Crippen molar-refractivity contribution in [2.24, 2.45) is 0 Å². The van der Waals surface area contributed by atoms with E-state index in [1.807, 2.05) is 18.2 Å². The summed E-state index contributed by atoms with van der Waals surface area (Å²) < 4.78 is 5.53. The molecule has 4 heteroatoms. The normalized spacial score (nSPS) is 22.8. The fraction of sp³-hybridized carbons (Fsp3) is 0.400. The van der Waals surface area contributed by atoms with Crippen molar-refractivity contribution in [1.82, 2.24) is 4.98 Å². The Balaban J connectivity index is 1.95. The molecule has 1 heterocycles. The predicted octanol–water partition coefficient (Wildman–Crippen LogP) is 2.80. The lowest BCUT2D eigenvalue weighted by Gasteiger charge is -2.21. The number of fused-ring (bicyclic) bond motifs is 1. The quantitative estimate of drug-likeness (QED) is 0.830. The van der Waals surface area contributed by atoms with Crippen molar-refractivity contribution in [3.8, 4) is 0 Å². The molecule has 1 aliphatic carbocycles. The Bertz CT molecular complexity index is 585. The van der Waals surface area contributed by atoms with Crippen molar-refractivity contribution in [3.63, 3.8) is 0 Å². The lowest BCUT2D eigenvalue weighted by atomic mass is 10.1. The first-order chi connectivity index (χ1) is 9.29. The zero-order chi connectivity index (χ0) is 13.2. The van der Waals surface area contributed by atoms with E-state index in [2.05, 4.69) is 16.4 Å². The summed E-state index contributed by atoms with van der Waals surface area (Å²) in [6.07, 6.45) is 5.58. The molecule has 1 saturated carbocycles. The second-order valence-electron chi connectivity index (χ2n) is 5.06. The molecule has 1 aromatic heterocycles. The van der Waals surface area contributed by atoms with Crippen LogP contribution in [0.5, 0.6) is 0 Å². The van der Waals surface area contributed by atoms with Crippen LogP contribution in [0.2, 0.25) is 0 Å². The van der Waals surface area contributed by atoms with Gasteiger partial charge >= 0.3 is 0 Å². The summed E-state index contributed by atoms with van der Waals surface area (Å²) in [4.78, 5) is 4.36. The van der Waals surface area contributed by atoms with Gasteiger partial charge in [0.25, 0.3) is 0 Å². The summed E-state index contributed by atoms with van der Waals surface area (Å²) in [5.74, 6) is 0. The monoisotopic (exact) mass is 257 g/mol. The number of aromatic nitrogens is 1. The van der Waals surface area contributed by atoms with E-state index in [1.54, 1.807) is 13.3 Å². The first-order valence-corrected chi connectivity index (χ1v) is 6.72. The van der Waals surface area contributed by atoms with E-state index in [9.17, 15) is 0 Å². The molecule has 0 amide bonds. The summed E-state index contributed by atoms with van der Waals surface area (Å²) >= 11 is 0. The molecular formula is C15H19N3O. The minimum Gasteiger partial charge on any atom is -0.397 e. The van der Waals surface area contributed by atoms with Gasteiger partial charge in [-0.1, -0.05) is 12.1 Å². The summed E-state index contributed by atoms with van der Waals surface area (Å²) in [5.41, 5.74) is 8.64. The third kappa shape index (κ3) is 2.24. The molecule has 0 aliphatic heterocycles. The van der Waals surface area contributed by atoms with Gasteiger partial charge in [0.15, 0.2) is 0 Å². The van der Waals surface area contributed by atoms with Gasteiger partial charge in [-0.2, -0.15) is 0 Å². The van der Waals surface area contributed by atoms with Gasteiger partial charge in [-0.3, -0.25) is 4.98 Å². The second-order valence-corrected chi connectivity index (χ2v) is 5.06. The SMILES string of the molecule is COC1CCCC1Nc1ccnc2c(N)cccc12. The van der Waals surface area contributed by atoms with Crippen molar-refractivity contribution in [3.05, 3.63) is 30.5 Å². The van der Waals surface area contributed by atoms with Gasteiger partial charge in [0.05, 0.1) is 23.3 Å². The van der Waals surface area contributed by atoms with Gasteiger partial charge in [0, 0.05) is 24.4 Å². The number of benzene rings is 1. The number of ether oxygens (including phenoxy) is 1. The molecule has 3 N–H and O–H groups in total. The van der Waals surface area contributed by atoms with Crippen molar-refractivity contribution >= 4 is 22.3 Å². The van der Waals surface area contributed by atoms with Crippen LogP contribution in [0, 0.1) is 0 Å². The fourth-order valence-electron chi connectivity index (χ4n) is 2.90. The molecule has 2 atom stereocenters. The lowest BCUT2D eigenvalue weighted by molar-refractivity contribution is 0.101. The third-order valence-corrected chi connectivity index (χ3v) is 3.90. The van der Waals surface area contributed by atoms with Gasteiger partial charge in [-0.25, -0.2) is 0 Å². The maximum atomic E-state index is 5.97. The maximum Gasteiger partial charge on any atom is 0.0951 e. The minimum atomic E-state index is 0.296. The number of hydrogen-bond acceptors (Lipinski definition) is 4. The Morgan fingerprint density at radius 1 is 1.32 bits per heavy atom. The molecule has 100 valence electrons. The highest BCUT2D eigenvalue weighted by Gasteiger charge is 2.27. The van der Waals surface area contributed by atoms with Crippen molar-refractivity contribution in [1.29, 1.82) is 0 Å². The number of nitrogens with two attached hydrogens (primary N) is 1. The zero-order valence-electron chi connectivity index (χ0n) is 11.1.